The van der Waals surface area contributed by atoms with Gasteiger partial charge < -0.3 is 15.5 Å². The average Bonchev–Trinajstić information content (AvgIpc) is 3.64. The molecule has 4 N–H and O–H groups in total. The predicted molar refractivity (Wildman–Crippen MR) is 143 cm³/mol. The SMILES string of the molecule is CCNC(=O)Nc1cc(-c2nc(C(F)(F)F)cs2)c(-c2ccnc(-c3nnc([C@@H](N)C4CCCCC4)o3)c2)cn1. The monoisotopic (exact) mass is 572 g/mol. The van der Waals surface area contributed by atoms with Crippen molar-refractivity contribution in [2.75, 3.05) is 11.9 Å². The number of nitrogens with zero attached hydrogens (tertiary/aromatic N) is 5. The minimum absolute atomic E-state index is 0.112. The normalized spacial score (nSPS) is 15.1. The van der Waals surface area contributed by atoms with Crippen molar-refractivity contribution in [3.8, 4) is 33.3 Å². The van der Waals surface area contributed by atoms with Gasteiger partial charge in [0.25, 0.3) is 5.89 Å². The van der Waals surface area contributed by atoms with E-state index in [4.69, 9.17) is 10.2 Å². The van der Waals surface area contributed by atoms with Gasteiger partial charge in [-0.1, -0.05) is 19.3 Å². The van der Waals surface area contributed by atoms with Crippen LogP contribution in [-0.2, 0) is 6.18 Å². The zero-order valence-corrected chi connectivity index (χ0v) is 22.3. The Hall–Kier alpha value is -3.91. The first-order valence-electron chi connectivity index (χ1n) is 12.9. The fraction of sp³-hybridized carbons (Fsp3) is 0.385. The molecule has 0 unspecified atom stereocenters. The van der Waals surface area contributed by atoms with Crippen LogP contribution in [0.1, 0.15) is 56.7 Å². The van der Waals surface area contributed by atoms with Gasteiger partial charge in [0.2, 0.25) is 5.89 Å². The molecular weight excluding hydrogens is 545 g/mol. The molecule has 4 aromatic heterocycles. The Kier molecular flexibility index (Phi) is 8.07. The number of nitrogens with two attached hydrogens (primary N) is 1. The molecule has 1 saturated carbocycles. The minimum Gasteiger partial charge on any atom is -0.418 e. The Morgan fingerprint density at radius 2 is 1.98 bits per heavy atom. The summed E-state index contributed by atoms with van der Waals surface area (Å²) < 4.78 is 45.9. The maximum absolute atomic E-state index is 13.3. The molecule has 2 amide bonds. The van der Waals surface area contributed by atoms with Crippen LogP contribution in [0.15, 0.2) is 40.4 Å². The van der Waals surface area contributed by atoms with Crippen molar-refractivity contribution in [2.45, 2.75) is 51.2 Å². The van der Waals surface area contributed by atoms with E-state index >= 15 is 0 Å². The molecule has 0 spiro atoms. The first-order chi connectivity index (χ1) is 19.2. The number of pyridine rings is 2. The van der Waals surface area contributed by atoms with Crippen molar-refractivity contribution in [1.29, 1.82) is 0 Å². The summed E-state index contributed by atoms with van der Waals surface area (Å²) in [7, 11) is 0. The van der Waals surface area contributed by atoms with Gasteiger partial charge in [-0.15, -0.1) is 21.5 Å². The Bertz CT molecular complexity index is 1480. The zero-order valence-electron chi connectivity index (χ0n) is 21.5. The van der Waals surface area contributed by atoms with Crippen molar-refractivity contribution in [1.82, 2.24) is 30.5 Å². The molecule has 0 bridgehead atoms. The third kappa shape index (κ3) is 6.12. The van der Waals surface area contributed by atoms with E-state index in [1.807, 2.05) is 0 Å². The lowest BCUT2D eigenvalue weighted by atomic mass is 9.84. The number of rotatable bonds is 7. The van der Waals surface area contributed by atoms with E-state index in [2.05, 4.69) is 35.8 Å². The Labute approximate surface area is 231 Å². The molecule has 1 fully saturated rings. The molecule has 0 aliphatic heterocycles. The summed E-state index contributed by atoms with van der Waals surface area (Å²) in [5, 5.41) is 14.5. The third-order valence-corrected chi connectivity index (χ3v) is 7.56. The number of nitrogens with one attached hydrogen (secondary N) is 2. The maximum atomic E-state index is 13.3. The van der Waals surface area contributed by atoms with Gasteiger partial charge in [0.1, 0.15) is 16.5 Å². The van der Waals surface area contributed by atoms with Gasteiger partial charge in [-0.2, -0.15) is 13.2 Å². The van der Waals surface area contributed by atoms with E-state index in [0.717, 1.165) is 42.4 Å². The Morgan fingerprint density at radius 3 is 2.70 bits per heavy atom. The largest absolute Gasteiger partial charge is 0.434 e. The lowest BCUT2D eigenvalue weighted by Crippen LogP contribution is -2.28. The fourth-order valence-corrected chi connectivity index (χ4v) is 5.52. The molecule has 0 radical (unpaired) electrons. The van der Waals surface area contributed by atoms with Gasteiger partial charge in [0.15, 0.2) is 5.69 Å². The molecule has 1 aliphatic carbocycles. The van der Waals surface area contributed by atoms with Crippen LogP contribution < -0.4 is 16.4 Å². The van der Waals surface area contributed by atoms with Crippen molar-refractivity contribution in [3.05, 3.63) is 47.6 Å². The first-order valence-corrected chi connectivity index (χ1v) is 13.7. The van der Waals surface area contributed by atoms with Crippen LogP contribution in [0.2, 0.25) is 0 Å². The molecule has 4 aromatic rings. The topological polar surface area (TPSA) is 145 Å². The lowest BCUT2D eigenvalue weighted by molar-refractivity contribution is -0.140. The summed E-state index contributed by atoms with van der Waals surface area (Å²) in [5.74, 6) is 0.961. The Balaban J connectivity index is 1.49. The van der Waals surface area contributed by atoms with Gasteiger partial charge in [-0.25, -0.2) is 14.8 Å². The molecule has 40 heavy (non-hydrogen) atoms. The minimum atomic E-state index is -4.60. The third-order valence-electron chi connectivity index (χ3n) is 6.68. The highest BCUT2D eigenvalue weighted by Crippen LogP contribution is 2.39. The number of amides is 2. The first kappa shape index (κ1) is 27.6. The van der Waals surface area contributed by atoms with Gasteiger partial charge in [-0.05, 0) is 49.4 Å². The molecule has 14 heteroatoms. The summed E-state index contributed by atoms with van der Waals surface area (Å²) in [6, 6.07) is 3.99. The number of hydrogen-bond acceptors (Lipinski definition) is 9. The van der Waals surface area contributed by atoms with E-state index in [-0.39, 0.29) is 28.7 Å². The van der Waals surface area contributed by atoms with E-state index in [0.29, 0.717) is 34.8 Å². The van der Waals surface area contributed by atoms with Gasteiger partial charge in [-0.3, -0.25) is 10.3 Å². The van der Waals surface area contributed by atoms with Gasteiger partial charge in [0, 0.05) is 35.4 Å². The van der Waals surface area contributed by atoms with Crippen LogP contribution in [0.25, 0.3) is 33.3 Å². The van der Waals surface area contributed by atoms with Crippen molar-refractivity contribution < 1.29 is 22.4 Å². The summed E-state index contributed by atoms with van der Waals surface area (Å²) in [6.45, 7) is 2.15. The molecular formula is C26H27F3N8O2S. The molecule has 1 aliphatic rings. The van der Waals surface area contributed by atoms with Crippen LogP contribution in [0.5, 0.6) is 0 Å². The standard InChI is InChI=1S/C26H27F3N8O2S/c1-2-31-25(38)35-20-11-16(24-34-19(13-40-24)26(27,28)29)17(12-33-20)15-8-9-32-18(10-15)22-36-37-23(39-22)21(30)14-6-4-3-5-7-14/h8-14,21H,2-7,30H2,1H3,(H2,31,33,35,38)/t21-/m0/s1. The highest BCUT2D eigenvalue weighted by molar-refractivity contribution is 7.13. The van der Waals surface area contributed by atoms with Crippen LogP contribution >= 0.6 is 11.3 Å². The summed E-state index contributed by atoms with van der Waals surface area (Å²) in [5.41, 5.74) is 7.20. The zero-order chi connectivity index (χ0) is 28.3. The van der Waals surface area contributed by atoms with Crippen LogP contribution in [0, 0.1) is 5.92 Å². The summed E-state index contributed by atoms with van der Waals surface area (Å²) in [4.78, 5) is 24.5. The molecule has 4 heterocycles. The van der Waals surface area contributed by atoms with Crippen molar-refractivity contribution in [2.24, 2.45) is 11.7 Å². The molecule has 10 nitrogen and oxygen atoms in total. The number of hydrogen-bond donors (Lipinski definition) is 3. The number of urea groups is 1. The highest BCUT2D eigenvalue weighted by atomic mass is 32.1. The quantitative estimate of drug-likeness (QED) is 0.242. The molecule has 210 valence electrons. The second-order valence-corrected chi connectivity index (χ2v) is 10.3. The van der Waals surface area contributed by atoms with E-state index in [1.54, 1.807) is 19.1 Å². The van der Waals surface area contributed by atoms with Gasteiger partial charge in [0.05, 0.1) is 6.04 Å². The highest BCUT2D eigenvalue weighted by Gasteiger charge is 2.34. The number of carbonyl (C=O) groups is 1. The van der Waals surface area contributed by atoms with Crippen molar-refractivity contribution in [3.63, 3.8) is 0 Å². The Morgan fingerprint density at radius 1 is 1.18 bits per heavy atom. The number of carbonyl (C=O) groups excluding carboxylic acids is 1. The van der Waals surface area contributed by atoms with E-state index in [9.17, 15) is 18.0 Å². The van der Waals surface area contributed by atoms with E-state index in [1.165, 1.54) is 24.9 Å². The van der Waals surface area contributed by atoms with E-state index < -0.39 is 17.9 Å². The van der Waals surface area contributed by atoms with Crippen LogP contribution in [0.3, 0.4) is 0 Å². The van der Waals surface area contributed by atoms with Crippen molar-refractivity contribution >= 4 is 23.2 Å². The predicted octanol–water partition coefficient (Wildman–Crippen LogP) is 6.06. The van der Waals surface area contributed by atoms with Gasteiger partial charge >= 0.3 is 12.2 Å². The fourth-order valence-electron chi connectivity index (χ4n) is 4.66. The number of anilines is 1. The number of thiazole rings is 1. The molecule has 0 aromatic carbocycles. The second kappa shape index (κ2) is 11.7. The molecule has 1 atom stereocenters. The molecule has 0 saturated heterocycles. The lowest BCUT2D eigenvalue weighted by Gasteiger charge is -2.24. The number of aromatic nitrogens is 5. The van der Waals surface area contributed by atoms with Crippen LogP contribution in [0.4, 0.5) is 23.8 Å². The smallest absolute Gasteiger partial charge is 0.418 e. The second-order valence-electron chi connectivity index (χ2n) is 9.43. The summed E-state index contributed by atoms with van der Waals surface area (Å²) >= 11 is 0.839. The molecule has 5 rings (SSSR count). The number of halogens is 3. The maximum Gasteiger partial charge on any atom is 0.434 e. The average molecular weight is 573 g/mol. The summed E-state index contributed by atoms with van der Waals surface area (Å²) in [6.07, 6.45) is 3.88. The number of alkyl halides is 3. The van der Waals surface area contributed by atoms with Crippen LogP contribution in [-0.4, -0.2) is 37.7 Å².